The van der Waals surface area contributed by atoms with Crippen LogP contribution in [0.15, 0.2) is 76.7 Å². The van der Waals surface area contributed by atoms with Gasteiger partial charge in [-0.05, 0) is 67.1 Å². The first-order chi connectivity index (χ1) is 14.8. The Morgan fingerprint density at radius 2 is 1.68 bits per heavy atom. The highest BCUT2D eigenvalue weighted by atomic mass is 35.5. The third-order valence-corrected chi connectivity index (χ3v) is 5.68. The van der Waals surface area contributed by atoms with Crippen molar-refractivity contribution in [3.63, 3.8) is 0 Å². The molecule has 0 saturated heterocycles. The molecule has 0 fully saturated rings. The monoisotopic (exact) mass is 458 g/mol. The summed E-state index contributed by atoms with van der Waals surface area (Å²) < 4.78 is 35.7. The van der Waals surface area contributed by atoms with Gasteiger partial charge in [-0.2, -0.15) is 13.5 Å². The fourth-order valence-corrected chi connectivity index (χ4v) is 3.60. The zero-order chi connectivity index (χ0) is 22.4. The summed E-state index contributed by atoms with van der Waals surface area (Å²) >= 11 is 5.81. The third-order valence-electron chi connectivity index (χ3n) is 4.18. The second kappa shape index (κ2) is 9.63. The second-order valence-electron chi connectivity index (χ2n) is 6.47. The van der Waals surface area contributed by atoms with E-state index in [4.69, 9.17) is 20.5 Å². The summed E-state index contributed by atoms with van der Waals surface area (Å²) in [6.45, 7) is 1.86. The molecule has 0 atom stereocenters. The first kappa shape index (κ1) is 22.3. The lowest BCUT2D eigenvalue weighted by Crippen LogP contribution is -2.17. The van der Waals surface area contributed by atoms with Gasteiger partial charge in [-0.1, -0.05) is 29.3 Å². The van der Waals surface area contributed by atoms with Crippen LogP contribution in [0, 0.1) is 6.92 Å². The van der Waals surface area contributed by atoms with Crippen LogP contribution in [0.5, 0.6) is 11.5 Å². The molecule has 0 aromatic heterocycles. The minimum absolute atomic E-state index is 0.00365. The average Bonchev–Trinajstić information content (AvgIpc) is 2.74. The molecule has 0 bridgehead atoms. The number of methoxy groups -OCH3 is 1. The van der Waals surface area contributed by atoms with Crippen molar-refractivity contribution in [1.82, 2.24) is 5.43 Å². The van der Waals surface area contributed by atoms with Crippen LogP contribution in [0.25, 0.3) is 0 Å². The molecule has 0 unspecified atom stereocenters. The van der Waals surface area contributed by atoms with Crippen molar-refractivity contribution in [2.24, 2.45) is 5.10 Å². The highest BCUT2D eigenvalue weighted by Crippen LogP contribution is 2.30. The molecule has 9 heteroatoms. The van der Waals surface area contributed by atoms with Gasteiger partial charge in [-0.15, -0.1) is 0 Å². The maximum absolute atomic E-state index is 12.6. The Balaban J connectivity index is 1.77. The highest BCUT2D eigenvalue weighted by molar-refractivity contribution is 7.87. The van der Waals surface area contributed by atoms with Crippen LogP contribution in [-0.2, 0) is 10.1 Å². The van der Waals surface area contributed by atoms with Gasteiger partial charge in [-0.3, -0.25) is 4.79 Å². The zero-order valence-corrected chi connectivity index (χ0v) is 18.3. The van der Waals surface area contributed by atoms with Gasteiger partial charge in [0.25, 0.3) is 5.91 Å². The van der Waals surface area contributed by atoms with Crippen LogP contribution in [0.1, 0.15) is 21.5 Å². The molecule has 7 nitrogen and oxygen atoms in total. The Bertz CT molecular complexity index is 1210. The number of rotatable bonds is 7. The first-order valence-electron chi connectivity index (χ1n) is 9.06. The standard InChI is InChI=1S/C22H19ClN2O5S/c1-15-3-10-19(11-4-15)31(27,28)30-21-13-16(5-12-20(21)29-2)14-24-25-22(26)17-6-8-18(23)9-7-17/h3-14H,1-2H3,(H,25,26). The Morgan fingerprint density at radius 1 is 1.00 bits per heavy atom. The summed E-state index contributed by atoms with van der Waals surface area (Å²) in [5.74, 6) is -0.186. The number of hydrogen-bond donors (Lipinski definition) is 1. The third kappa shape index (κ3) is 5.84. The van der Waals surface area contributed by atoms with E-state index in [9.17, 15) is 13.2 Å². The van der Waals surface area contributed by atoms with Gasteiger partial charge >= 0.3 is 10.1 Å². The fourth-order valence-electron chi connectivity index (χ4n) is 2.54. The number of amides is 1. The normalized spacial score (nSPS) is 11.3. The average molecular weight is 459 g/mol. The van der Waals surface area contributed by atoms with E-state index < -0.39 is 16.0 Å². The van der Waals surface area contributed by atoms with Crippen molar-refractivity contribution in [2.75, 3.05) is 7.11 Å². The summed E-state index contributed by atoms with van der Waals surface area (Å²) in [6, 6.07) is 17.3. The number of halogens is 1. The predicted molar refractivity (Wildman–Crippen MR) is 118 cm³/mol. The summed E-state index contributed by atoms with van der Waals surface area (Å²) in [4.78, 5) is 12.1. The van der Waals surface area contributed by atoms with Crippen LogP contribution in [0.2, 0.25) is 5.02 Å². The molecule has 0 aliphatic rings. The molecule has 0 aliphatic carbocycles. The lowest BCUT2D eigenvalue weighted by molar-refractivity contribution is 0.0955. The number of hydrazone groups is 1. The van der Waals surface area contributed by atoms with Crippen molar-refractivity contribution in [3.8, 4) is 11.5 Å². The molecule has 3 aromatic carbocycles. The maximum Gasteiger partial charge on any atom is 0.339 e. The highest BCUT2D eigenvalue weighted by Gasteiger charge is 2.19. The molecule has 0 saturated carbocycles. The van der Waals surface area contributed by atoms with Gasteiger partial charge in [0.05, 0.1) is 13.3 Å². The smallest absolute Gasteiger partial charge is 0.339 e. The van der Waals surface area contributed by atoms with Crippen molar-refractivity contribution in [3.05, 3.63) is 88.4 Å². The van der Waals surface area contributed by atoms with E-state index in [-0.39, 0.29) is 16.4 Å². The quantitative estimate of drug-likeness (QED) is 0.325. The molecule has 0 spiro atoms. The molecule has 3 rings (SSSR count). The van der Waals surface area contributed by atoms with E-state index >= 15 is 0 Å². The summed E-state index contributed by atoms with van der Waals surface area (Å²) in [7, 11) is -2.65. The van der Waals surface area contributed by atoms with E-state index in [2.05, 4.69) is 10.5 Å². The molecule has 31 heavy (non-hydrogen) atoms. The number of nitrogens with zero attached hydrogens (tertiary/aromatic N) is 1. The van der Waals surface area contributed by atoms with Crippen LogP contribution in [0.3, 0.4) is 0 Å². The van der Waals surface area contributed by atoms with Crippen LogP contribution in [-0.4, -0.2) is 27.6 Å². The number of carbonyl (C=O) groups excluding carboxylic acids is 1. The van der Waals surface area contributed by atoms with Gasteiger partial charge < -0.3 is 8.92 Å². The van der Waals surface area contributed by atoms with Crippen LogP contribution < -0.4 is 14.3 Å². The van der Waals surface area contributed by atoms with Crippen LogP contribution >= 0.6 is 11.6 Å². The zero-order valence-electron chi connectivity index (χ0n) is 16.7. The summed E-state index contributed by atoms with van der Waals surface area (Å²) in [6.07, 6.45) is 1.36. The van der Waals surface area contributed by atoms with Gasteiger partial charge in [0.2, 0.25) is 0 Å². The molecule has 1 amide bonds. The Labute approximate surface area is 185 Å². The van der Waals surface area contributed by atoms with Crippen molar-refractivity contribution < 1.29 is 22.1 Å². The molecule has 0 heterocycles. The van der Waals surface area contributed by atoms with Gasteiger partial charge in [0.1, 0.15) is 4.90 Å². The predicted octanol–water partition coefficient (Wildman–Crippen LogP) is 4.19. The minimum Gasteiger partial charge on any atom is -0.493 e. The SMILES string of the molecule is COc1ccc(C=NNC(=O)c2ccc(Cl)cc2)cc1OS(=O)(=O)c1ccc(C)cc1. The maximum atomic E-state index is 12.6. The van der Waals surface area contributed by atoms with E-state index in [1.54, 1.807) is 48.5 Å². The van der Waals surface area contributed by atoms with Crippen molar-refractivity contribution in [2.45, 2.75) is 11.8 Å². The van der Waals surface area contributed by atoms with Crippen molar-refractivity contribution >= 4 is 33.8 Å². The van der Waals surface area contributed by atoms with Crippen molar-refractivity contribution in [1.29, 1.82) is 0 Å². The molecule has 3 aromatic rings. The summed E-state index contributed by atoms with van der Waals surface area (Å²) in [5, 5.41) is 4.42. The first-order valence-corrected chi connectivity index (χ1v) is 10.9. The molecular weight excluding hydrogens is 440 g/mol. The molecule has 0 radical (unpaired) electrons. The second-order valence-corrected chi connectivity index (χ2v) is 8.45. The number of carbonyl (C=O) groups is 1. The van der Waals surface area contributed by atoms with E-state index in [1.807, 2.05) is 6.92 Å². The number of benzene rings is 3. The lowest BCUT2D eigenvalue weighted by atomic mass is 10.2. The van der Waals surface area contributed by atoms with E-state index in [0.29, 0.717) is 16.1 Å². The molecule has 1 N–H and O–H groups in total. The van der Waals surface area contributed by atoms with E-state index in [1.165, 1.54) is 31.5 Å². The fraction of sp³-hybridized carbons (Fsp3) is 0.0909. The summed E-state index contributed by atoms with van der Waals surface area (Å²) in [5.41, 5.74) is 4.20. The number of aryl methyl sites for hydroxylation is 1. The number of hydrogen-bond acceptors (Lipinski definition) is 6. The largest absolute Gasteiger partial charge is 0.493 e. The molecular formula is C22H19ClN2O5S. The van der Waals surface area contributed by atoms with Gasteiger partial charge in [0.15, 0.2) is 11.5 Å². The van der Waals surface area contributed by atoms with E-state index in [0.717, 1.165) is 5.56 Å². The molecule has 0 aliphatic heterocycles. The minimum atomic E-state index is -4.06. The Hall–Kier alpha value is -3.36. The lowest BCUT2D eigenvalue weighted by Gasteiger charge is -2.11. The van der Waals surface area contributed by atoms with Crippen LogP contribution in [0.4, 0.5) is 0 Å². The topological polar surface area (TPSA) is 94.1 Å². The Morgan fingerprint density at radius 3 is 2.32 bits per heavy atom. The number of ether oxygens (including phenoxy) is 1. The van der Waals surface area contributed by atoms with Gasteiger partial charge in [0, 0.05) is 10.6 Å². The Kier molecular flexibility index (Phi) is 6.94. The number of nitrogens with one attached hydrogen (secondary N) is 1. The van der Waals surface area contributed by atoms with Gasteiger partial charge in [-0.25, -0.2) is 5.43 Å². The molecule has 160 valence electrons.